The van der Waals surface area contributed by atoms with Crippen molar-refractivity contribution < 1.29 is 9.90 Å². The van der Waals surface area contributed by atoms with Crippen LogP contribution in [0.25, 0.3) is 33.4 Å². The van der Waals surface area contributed by atoms with Crippen LogP contribution in [-0.2, 0) is 6.42 Å². The molecule has 1 unspecified atom stereocenters. The van der Waals surface area contributed by atoms with Crippen molar-refractivity contribution in [1.29, 1.82) is 0 Å². The number of aliphatic hydroxyl groups excluding tert-OH is 1. The number of carbonyl (C=O) groups excluding carboxylic acids is 1. The van der Waals surface area contributed by atoms with Gasteiger partial charge in [-0.1, -0.05) is 54.6 Å². The Morgan fingerprint density at radius 2 is 1.53 bits per heavy atom. The van der Waals surface area contributed by atoms with Crippen LogP contribution in [0.2, 0.25) is 0 Å². The second-order valence-electron chi connectivity index (χ2n) is 11.4. The number of amidine groups is 1. The number of hydrogen-bond donors (Lipinski definition) is 1. The van der Waals surface area contributed by atoms with E-state index < -0.39 is 5.92 Å². The molecule has 2 aromatic heterocycles. The van der Waals surface area contributed by atoms with Crippen LogP contribution in [0.4, 0.5) is 17.1 Å². The molecule has 9 rings (SSSR count). The van der Waals surface area contributed by atoms with Crippen molar-refractivity contribution in [2.75, 3.05) is 11.5 Å². The zero-order chi connectivity index (χ0) is 30.2. The van der Waals surface area contributed by atoms with Crippen LogP contribution >= 0.6 is 0 Å². The van der Waals surface area contributed by atoms with E-state index in [4.69, 9.17) is 9.98 Å². The summed E-state index contributed by atoms with van der Waals surface area (Å²) in [5.74, 6) is 0.731. The Bertz CT molecular complexity index is 2470. The topological polar surface area (TPSA) is 92.2 Å². The van der Waals surface area contributed by atoms with E-state index in [-0.39, 0.29) is 17.9 Å². The molecule has 0 bridgehead atoms. The fourth-order valence-electron chi connectivity index (χ4n) is 6.88. The van der Waals surface area contributed by atoms with Crippen molar-refractivity contribution in [3.63, 3.8) is 0 Å². The molecule has 7 aromatic rings. The highest BCUT2D eigenvalue weighted by Gasteiger charge is 2.43. The summed E-state index contributed by atoms with van der Waals surface area (Å²) in [4.78, 5) is 39.9. The summed E-state index contributed by atoms with van der Waals surface area (Å²) in [5, 5.41) is 9.96. The second-order valence-corrected chi connectivity index (χ2v) is 11.4. The number of nitrogens with zero attached hydrogens (tertiary/aromatic N) is 5. The van der Waals surface area contributed by atoms with Gasteiger partial charge in [-0.3, -0.25) is 19.1 Å². The van der Waals surface area contributed by atoms with Crippen LogP contribution < -0.4 is 10.5 Å². The van der Waals surface area contributed by atoms with E-state index in [1.165, 1.54) is 0 Å². The number of hydrogen-bond acceptors (Lipinski definition) is 6. The molecule has 2 aliphatic rings. The first kappa shape index (κ1) is 25.6. The van der Waals surface area contributed by atoms with E-state index in [2.05, 4.69) is 11.0 Å². The van der Waals surface area contributed by atoms with E-state index in [1.807, 2.05) is 114 Å². The molecule has 8 heteroatoms. The Morgan fingerprint density at radius 1 is 0.756 bits per heavy atom. The van der Waals surface area contributed by atoms with Gasteiger partial charge in [-0.2, -0.15) is 0 Å². The maximum absolute atomic E-state index is 14.0. The lowest BCUT2D eigenvalue weighted by atomic mass is 9.88. The van der Waals surface area contributed by atoms with Crippen LogP contribution in [0, 0.1) is 0 Å². The molecule has 4 heterocycles. The Morgan fingerprint density at radius 3 is 2.42 bits per heavy atom. The second kappa shape index (κ2) is 9.57. The number of aliphatic hydroxyl groups is 1. The van der Waals surface area contributed by atoms with Gasteiger partial charge in [0.1, 0.15) is 11.8 Å². The number of benzene rings is 5. The molecule has 0 radical (unpaired) electrons. The van der Waals surface area contributed by atoms with Crippen LogP contribution in [-0.4, -0.2) is 37.3 Å². The lowest BCUT2D eigenvalue weighted by molar-refractivity contribution is 0.0982. The van der Waals surface area contributed by atoms with E-state index in [1.54, 1.807) is 4.40 Å². The van der Waals surface area contributed by atoms with Gasteiger partial charge in [0.05, 0.1) is 39.0 Å². The fraction of sp³-hybridized carbons (Fsp3) is 0.0811. The lowest BCUT2D eigenvalue weighted by Crippen LogP contribution is -2.30. The number of carbonyl (C=O) groups is 1. The number of anilines is 2. The van der Waals surface area contributed by atoms with Gasteiger partial charge in [-0.15, -0.1) is 0 Å². The average molecular weight is 588 g/mol. The average Bonchev–Trinajstić information content (AvgIpc) is 3.58. The zero-order valence-corrected chi connectivity index (χ0v) is 24.0. The number of aromatic nitrogens is 3. The maximum atomic E-state index is 14.0. The van der Waals surface area contributed by atoms with Crippen molar-refractivity contribution in [2.45, 2.75) is 12.3 Å². The van der Waals surface area contributed by atoms with Gasteiger partial charge in [-0.25, -0.2) is 14.4 Å². The molecule has 1 N–H and O–H groups in total. The van der Waals surface area contributed by atoms with Gasteiger partial charge >= 0.3 is 0 Å². The van der Waals surface area contributed by atoms with Crippen LogP contribution in [0.15, 0.2) is 125 Å². The normalized spacial score (nSPS) is 15.4. The Hall–Kier alpha value is -5.86. The molecule has 0 saturated heterocycles. The quantitative estimate of drug-likeness (QED) is 0.254. The SMILES string of the molecule is O=C1c2ccccc2N=C2C1c1ccccc1N2c1cccc(-n2c3ccccc3n3c(=O)c4cc(CCO)ccc4nc23)c1. The Kier molecular flexibility index (Phi) is 5.45. The van der Waals surface area contributed by atoms with E-state index in [0.717, 1.165) is 39.2 Å². The first-order chi connectivity index (χ1) is 22.1. The Balaban J connectivity index is 1.28. The molecule has 5 aromatic carbocycles. The minimum absolute atomic E-state index is 0.00744. The minimum atomic E-state index is -0.490. The van der Waals surface area contributed by atoms with Crippen LogP contribution in [0.1, 0.15) is 27.4 Å². The van der Waals surface area contributed by atoms with Crippen molar-refractivity contribution in [3.05, 3.63) is 142 Å². The third-order valence-electron chi connectivity index (χ3n) is 8.87. The van der Waals surface area contributed by atoms with Crippen LogP contribution in [0.3, 0.4) is 0 Å². The van der Waals surface area contributed by atoms with Crippen LogP contribution in [0.5, 0.6) is 0 Å². The van der Waals surface area contributed by atoms with Gasteiger partial charge in [0.25, 0.3) is 5.56 Å². The molecular formula is C37H25N5O3. The van der Waals surface area contributed by atoms with Gasteiger partial charge < -0.3 is 5.11 Å². The minimum Gasteiger partial charge on any atom is -0.396 e. The summed E-state index contributed by atoms with van der Waals surface area (Å²) in [6.07, 6.45) is 0.468. The van der Waals surface area contributed by atoms with Gasteiger partial charge in [-0.05, 0) is 78.2 Å². The molecule has 216 valence electrons. The van der Waals surface area contributed by atoms with E-state index in [9.17, 15) is 14.7 Å². The summed E-state index contributed by atoms with van der Waals surface area (Å²) < 4.78 is 3.67. The molecular weight excluding hydrogens is 562 g/mol. The Labute approximate surface area is 256 Å². The summed E-state index contributed by atoms with van der Waals surface area (Å²) in [5.41, 5.74) is 7.71. The standard InChI is InChI=1S/C37H25N5O3/c43-19-18-22-16-17-29-27(20-22)36(45)42-32-15-6-5-14-31(32)41(37(42)39-29)24-9-7-8-23(21-24)40-30-13-4-2-11-26(30)33-34(44)25-10-1-3-12-28(25)38-35(33)40/h1-17,20-21,33,43H,18-19H2. The molecule has 0 amide bonds. The monoisotopic (exact) mass is 587 g/mol. The molecule has 45 heavy (non-hydrogen) atoms. The summed E-state index contributed by atoms with van der Waals surface area (Å²) in [7, 11) is 0. The summed E-state index contributed by atoms with van der Waals surface area (Å²) >= 11 is 0. The molecule has 0 fully saturated rings. The van der Waals surface area contributed by atoms with E-state index >= 15 is 0 Å². The summed E-state index contributed by atoms with van der Waals surface area (Å²) in [6.45, 7) is 0.00744. The first-order valence-corrected chi connectivity index (χ1v) is 14.9. The van der Waals surface area contributed by atoms with Gasteiger partial charge in [0.15, 0.2) is 5.78 Å². The van der Waals surface area contributed by atoms with Gasteiger partial charge in [0, 0.05) is 17.9 Å². The number of fused-ring (bicyclic) bond motifs is 8. The summed E-state index contributed by atoms with van der Waals surface area (Å²) in [6, 6.07) is 36.9. The number of imidazole rings is 1. The molecule has 8 nitrogen and oxygen atoms in total. The number of para-hydroxylation sites is 4. The van der Waals surface area contributed by atoms with E-state index in [0.29, 0.717) is 40.2 Å². The molecule has 1 atom stereocenters. The lowest BCUT2D eigenvalue weighted by Gasteiger charge is -2.25. The predicted molar refractivity (Wildman–Crippen MR) is 176 cm³/mol. The third kappa shape index (κ3) is 3.63. The highest BCUT2D eigenvalue weighted by atomic mass is 16.3. The number of ketones is 1. The highest BCUT2D eigenvalue weighted by molar-refractivity contribution is 6.30. The number of aliphatic imine (C=N–C) groups is 1. The largest absolute Gasteiger partial charge is 0.396 e. The number of Topliss-reactive ketones (excluding diaryl/α,β-unsaturated/α-hetero) is 1. The zero-order valence-electron chi connectivity index (χ0n) is 24.0. The fourth-order valence-corrected chi connectivity index (χ4v) is 6.88. The molecule has 0 aliphatic carbocycles. The van der Waals surface area contributed by atoms with Crippen molar-refractivity contribution in [3.8, 4) is 5.69 Å². The maximum Gasteiger partial charge on any atom is 0.267 e. The predicted octanol–water partition coefficient (Wildman–Crippen LogP) is 6.49. The molecule has 0 saturated carbocycles. The molecule has 0 spiro atoms. The molecule has 2 aliphatic heterocycles. The number of rotatable bonds is 4. The first-order valence-electron chi connectivity index (χ1n) is 14.9. The van der Waals surface area contributed by atoms with Crippen molar-refractivity contribution in [2.24, 2.45) is 4.99 Å². The van der Waals surface area contributed by atoms with Gasteiger partial charge in [0.2, 0.25) is 5.78 Å². The van der Waals surface area contributed by atoms with Crippen molar-refractivity contribution >= 4 is 56.4 Å². The highest BCUT2D eigenvalue weighted by Crippen LogP contribution is 2.48. The third-order valence-corrected chi connectivity index (χ3v) is 8.87. The smallest absolute Gasteiger partial charge is 0.267 e. The van der Waals surface area contributed by atoms with Crippen molar-refractivity contribution in [1.82, 2.24) is 14.0 Å².